The van der Waals surface area contributed by atoms with Gasteiger partial charge in [-0.05, 0) is 30.5 Å². The third-order valence-electron chi connectivity index (χ3n) is 4.46. The topological polar surface area (TPSA) is 70.6 Å². The van der Waals surface area contributed by atoms with Crippen molar-refractivity contribution in [1.29, 1.82) is 0 Å². The lowest BCUT2D eigenvalue weighted by Gasteiger charge is -2.40. The number of benzene rings is 1. The molecule has 5 heteroatoms. The van der Waals surface area contributed by atoms with Gasteiger partial charge in [0.15, 0.2) is 0 Å². The van der Waals surface area contributed by atoms with Gasteiger partial charge < -0.3 is 20.5 Å². The van der Waals surface area contributed by atoms with Gasteiger partial charge in [0.2, 0.25) is 5.91 Å². The largest absolute Gasteiger partial charge is 0.396 e. The Balaban J connectivity index is 1.65. The Morgan fingerprint density at radius 2 is 2.24 bits per heavy atom. The molecule has 1 amide bonds. The minimum atomic E-state index is -0.115. The molecule has 0 bridgehead atoms. The summed E-state index contributed by atoms with van der Waals surface area (Å²) in [5, 5.41) is 15.8. The van der Waals surface area contributed by atoms with E-state index in [-0.39, 0.29) is 24.0 Å². The number of anilines is 1. The van der Waals surface area contributed by atoms with E-state index in [9.17, 15) is 9.90 Å². The minimum absolute atomic E-state index is 0.0938. The minimum Gasteiger partial charge on any atom is -0.396 e. The fourth-order valence-corrected chi connectivity index (χ4v) is 2.80. The molecule has 1 atom stereocenters. The van der Waals surface area contributed by atoms with Crippen LogP contribution in [-0.2, 0) is 16.0 Å². The number of aryl methyl sites for hydroxylation is 1. The molecular formula is C16H22N2O3. The van der Waals surface area contributed by atoms with Crippen molar-refractivity contribution >= 4 is 11.6 Å². The first-order chi connectivity index (χ1) is 10.1. The number of amides is 1. The second kappa shape index (κ2) is 5.75. The van der Waals surface area contributed by atoms with E-state index in [1.54, 1.807) is 0 Å². The first kappa shape index (κ1) is 14.5. The molecule has 0 spiro atoms. The van der Waals surface area contributed by atoms with E-state index in [1.165, 1.54) is 11.1 Å². The number of hydrogen-bond donors (Lipinski definition) is 3. The van der Waals surface area contributed by atoms with Crippen molar-refractivity contribution in [3.8, 4) is 0 Å². The number of fused-ring (bicyclic) bond motifs is 1. The molecule has 5 nitrogen and oxygen atoms in total. The predicted octanol–water partition coefficient (Wildman–Crippen LogP) is 1.23. The maximum absolute atomic E-state index is 11.4. The lowest BCUT2D eigenvalue weighted by Crippen LogP contribution is -2.52. The molecule has 1 unspecified atom stereocenters. The summed E-state index contributed by atoms with van der Waals surface area (Å²) >= 11 is 0. The van der Waals surface area contributed by atoms with Crippen LogP contribution in [0, 0.1) is 5.41 Å². The smallest absolute Gasteiger partial charge is 0.224 e. The molecule has 0 saturated carbocycles. The summed E-state index contributed by atoms with van der Waals surface area (Å²) in [7, 11) is 0. The molecule has 114 valence electrons. The molecule has 1 fully saturated rings. The highest BCUT2D eigenvalue weighted by Gasteiger charge is 2.38. The molecule has 0 radical (unpaired) electrons. The van der Waals surface area contributed by atoms with Crippen molar-refractivity contribution in [1.82, 2.24) is 5.32 Å². The van der Waals surface area contributed by atoms with Crippen molar-refractivity contribution in [3.05, 3.63) is 29.3 Å². The highest BCUT2D eigenvalue weighted by atomic mass is 16.5. The summed E-state index contributed by atoms with van der Waals surface area (Å²) in [6.45, 7) is 4.27. The average molecular weight is 290 g/mol. The summed E-state index contributed by atoms with van der Waals surface area (Å²) in [5.74, 6) is 0.0938. The van der Waals surface area contributed by atoms with E-state index in [0.717, 1.165) is 18.7 Å². The fraction of sp³-hybridized carbons (Fsp3) is 0.562. The molecule has 0 aromatic heterocycles. The van der Waals surface area contributed by atoms with Gasteiger partial charge in [-0.25, -0.2) is 0 Å². The SMILES string of the molecule is CC(NCC1(CO)COC1)c1ccc2c(c1)CCC(=O)N2. The zero-order valence-electron chi connectivity index (χ0n) is 12.3. The highest BCUT2D eigenvalue weighted by Crippen LogP contribution is 2.29. The molecule has 1 aromatic carbocycles. The van der Waals surface area contributed by atoms with Crippen LogP contribution in [0.25, 0.3) is 0 Å². The van der Waals surface area contributed by atoms with Crippen molar-refractivity contribution < 1.29 is 14.6 Å². The molecule has 0 aliphatic carbocycles. The maximum atomic E-state index is 11.4. The highest BCUT2D eigenvalue weighted by molar-refractivity contribution is 5.93. The molecule has 2 heterocycles. The third kappa shape index (κ3) is 2.95. The molecular weight excluding hydrogens is 268 g/mol. The monoisotopic (exact) mass is 290 g/mol. The Bertz CT molecular complexity index is 535. The predicted molar refractivity (Wildman–Crippen MR) is 80.1 cm³/mol. The van der Waals surface area contributed by atoms with E-state index in [2.05, 4.69) is 23.6 Å². The lowest BCUT2D eigenvalue weighted by atomic mass is 9.86. The second-order valence-corrected chi connectivity index (χ2v) is 6.22. The molecule has 3 rings (SSSR count). The molecule has 21 heavy (non-hydrogen) atoms. The normalized spacial score (nSPS) is 21.1. The van der Waals surface area contributed by atoms with Gasteiger partial charge in [-0.3, -0.25) is 4.79 Å². The number of hydrogen-bond acceptors (Lipinski definition) is 4. The zero-order chi connectivity index (χ0) is 14.9. The van der Waals surface area contributed by atoms with Crippen LogP contribution < -0.4 is 10.6 Å². The summed E-state index contributed by atoms with van der Waals surface area (Å²) in [6.07, 6.45) is 1.36. The van der Waals surface area contributed by atoms with Crippen molar-refractivity contribution in [2.75, 3.05) is 31.7 Å². The lowest BCUT2D eigenvalue weighted by molar-refractivity contribution is -0.135. The average Bonchev–Trinajstić information content (AvgIpc) is 2.45. The first-order valence-corrected chi connectivity index (χ1v) is 7.47. The van der Waals surface area contributed by atoms with Gasteiger partial charge in [-0.1, -0.05) is 12.1 Å². The molecule has 2 aliphatic heterocycles. The number of carbonyl (C=O) groups excluding carboxylic acids is 1. The van der Waals surface area contributed by atoms with Gasteiger partial charge in [0.25, 0.3) is 0 Å². The Kier molecular flexibility index (Phi) is 3.97. The summed E-state index contributed by atoms with van der Waals surface area (Å²) in [6, 6.07) is 6.39. The van der Waals surface area contributed by atoms with Gasteiger partial charge in [-0.2, -0.15) is 0 Å². The first-order valence-electron chi connectivity index (χ1n) is 7.47. The quantitative estimate of drug-likeness (QED) is 0.763. The van der Waals surface area contributed by atoms with Crippen LogP contribution in [0.1, 0.15) is 30.5 Å². The molecule has 2 aliphatic rings. The molecule has 1 aromatic rings. The Hall–Kier alpha value is -1.43. The number of carbonyl (C=O) groups is 1. The standard InChI is InChI=1S/C16H22N2O3/c1-11(17-7-16(8-19)9-21-10-16)12-2-4-14-13(6-12)3-5-15(20)18-14/h2,4,6,11,17,19H,3,5,7-10H2,1H3,(H,18,20). The van der Waals surface area contributed by atoms with Crippen LogP contribution in [0.2, 0.25) is 0 Å². The molecule has 3 N–H and O–H groups in total. The van der Waals surface area contributed by atoms with E-state index in [0.29, 0.717) is 19.6 Å². The Morgan fingerprint density at radius 1 is 1.43 bits per heavy atom. The number of ether oxygens (including phenoxy) is 1. The van der Waals surface area contributed by atoms with Crippen LogP contribution in [0.15, 0.2) is 18.2 Å². The summed E-state index contributed by atoms with van der Waals surface area (Å²) in [5.41, 5.74) is 3.22. The van der Waals surface area contributed by atoms with Gasteiger partial charge >= 0.3 is 0 Å². The third-order valence-corrected chi connectivity index (χ3v) is 4.46. The van der Waals surface area contributed by atoms with Gasteiger partial charge in [0.05, 0.1) is 25.2 Å². The van der Waals surface area contributed by atoms with Gasteiger partial charge in [0, 0.05) is 24.7 Å². The zero-order valence-corrected chi connectivity index (χ0v) is 12.3. The molecule has 1 saturated heterocycles. The Morgan fingerprint density at radius 3 is 2.90 bits per heavy atom. The van der Waals surface area contributed by atoms with Crippen LogP contribution >= 0.6 is 0 Å². The van der Waals surface area contributed by atoms with E-state index >= 15 is 0 Å². The number of aliphatic hydroxyl groups is 1. The van der Waals surface area contributed by atoms with Crippen LogP contribution in [0.4, 0.5) is 5.69 Å². The number of rotatable bonds is 5. The summed E-state index contributed by atoms with van der Waals surface area (Å²) in [4.78, 5) is 11.4. The van der Waals surface area contributed by atoms with E-state index in [4.69, 9.17) is 4.74 Å². The number of nitrogens with one attached hydrogen (secondary N) is 2. The van der Waals surface area contributed by atoms with Crippen LogP contribution in [0.3, 0.4) is 0 Å². The fourth-order valence-electron chi connectivity index (χ4n) is 2.80. The second-order valence-electron chi connectivity index (χ2n) is 6.22. The van der Waals surface area contributed by atoms with Gasteiger partial charge in [0.1, 0.15) is 0 Å². The maximum Gasteiger partial charge on any atom is 0.224 e. The van der Waals surface area contributed by atoms with Crippen molar-refractivity contribution in [3.63, 3.8) is 0 Å². The van der Waals surface area contributed by atoms with Gasteiger partial charge in [-0.15, -0.1) is 0 Å². The van der Waals surface area contributed by atoms with E-state index in [1.807, 2.05) is 12.1 Å². The Labute approximate surface area is 124 Å². The van der Waals surface area contributed by atoms with Crippen LogP contribution in [0.5, 0.6) is 0 Å². The summed E-state index contributed by atoms with van der Waals surface area (Å²) < 4.78 is 5.21. The van der Waals surface area contributed by atoms with Crippen molar-refractivity contribution in [2.45, 2.75) is 25.8 Å². The van der Waals surface area contributed by atoms with Crippen molar-refractivity contribution in [2.24, 2.45) is 5.41 Å². The number of aliphatic hydroxyl groups excluding tert-OH is 1. The van der Waals surface area contributed by atoms with E-state index < -0.39 is 0 Å². The van der Waals surface area contributed by atoms with Crippen LogP contribution in [-0.4, -0.2) is 37.4 Å².